The lowest BCUT2D eigenvalue weighted by atomic mass is 10.3. The Morgan fingerprint density at radius 2 is 1.50 bits per heavy atom. The molecule has 1 aliphatic heterocycles. The van der Waals surface area contributed by atoms with Crippen LogP contribution in [0.25, 0.3) is 0 Å². The monoisotopic (exact) mass is 336 g/mol. The van der Waals surface area contributed by atoms with E-state index in [0.29, 0.717) is 0 Å². The SMILES string of the molecule is O=S(=O)(N(F)C1C(F)=C(F)C(F)=C(F)N1F)C(F)(F)F. The van der Waals surface area contributed by atoms with E-state index in [4.69, 9.17) is 0 Å². The first-order chi connectivity index (χ1) is 8.84. The predicted octanol–water partition coefficient (Wildman–Crippen LogP) is 2.81. The van der Waals surface area contributed by atoms with Crippen molar-refractivity contribution in [3.05, 3.63) is 23.4 Å². The molecule has 0 bridgehead atoms. The Bertz CT molecular complexity index is 580. The highest BCUT2D eigenvalue weighted by Crippen LogP contribution is 2.40. The summed E-state index contributed by atoms with van der Waals surface area (Å²) in [6, 6.07) is 0. The van der Waals surface area contributed by atoms with Crippen molar-refractivity contribution in [3.63, 3.8) is 0 Å². The van der Waals surface area contributed by atoms with Crippen LogP contribution in [0, 0.1) is 0 Å². The second kappa shape index (κ2) is 4.83. The van der Waals surface area contributed by atoms with Crippen molar-refractivity contribution in [3.8, 4) is 0 Å². The Labute approximate surface area is 104 Å². The van der Waals surface area contributed by atoms with Gasteiger partial charge in [0.25, 0.3) is 5.95 Å². The summed E-state index contributed by atoms with van der Waals surface area (Å²) in [7, 11) is -6.97. The summed E-state index contributed by atoms with van der Waals surface area (Å²) in [5.74, 6) is -11.6. The lowest BCUT2D eigenvalue weighted by molar-refractivity contribution is -0.118. The van der Waals surface area contributed by atoms with Gasteiger partial charge >= 0.3 is 15.5 Å². The zero-order chi connectivity index (χ0) is 16.0. The van der Waals surface area contributed by atoms with Crippen LogP contribution in [0.2, 0.25) is 0 Å². The van der Waals surface area contributed by atoms with Crippen LogP contribution in [-0.4, -0.2) is 29.7 Å². The number of sulfonamides is 1. The van der Waals surface area contributed by atoms with Crippen LogP contribution in [0.5, 0.6) is 0 Å². The lowest BCUT2D eigenvalue weighted by Gasteiger charge is -2.29. The van der Waals surface area contributed by atoms with E-state index in [9.17, 15) is 48.1 Å². The highest BCUT2D eigenvalue weighted by molar-refractivity contribution is 7.89. The highest BCUT2D eigenvalue weighted by atomic mass is 32.2. The first kappa shape index (κ1) is 16.6. The number of halogens is 9. The zero-order valence-corrected chi connectivity index (χ0v) is 9.41. The molecule has 116 valence electrons. The number of hydrogen-bond acceptors (Lipinski definition) is 3. The molecule has 0 spiro atoms. The molecule has 0 N–H and O–H groups in total. The van der Waals surface area contributed by atoms with Crippen LogP contribution in [0.1, 0.15) is 0 Å². The Morgan fingerprint density at radius 3 is 1.90 bits per heavy atom. The molecule has 20 heavy (non-hydrogen) atoms. The van der Waals surface area contributed by atoms with Gasteiger partial charge in [0, 0.05) is 4.53 Å². The average molecular weight is 336 g/mol. The maximum absolute atomic E-state index is 13.0. The van der Waals surface area contributed by atoms with Gasteiger partial charge in [0.15, 0.2) is 11.7 Å². The van der Waals surface area contributed by atoms with E-state index >= 15 is 0 Å². The van der Waals surface area contributed by atoms with Crippen molar-refractivity contribution in [2.45, 2.75) is 11.7 Å². The highest BCUT2D eigenvalue weighted by Gasteiger charge is 2.57. The topological polar surface area (TPSA) is 40.6 Å². The molecule has 0 saturated carbocycles. The first-order valence-electron chi connectivity index (χ1n) is 4.16. The van der Waals surface area contributed by atoms with Crippen LogP contribution in [0.4, 0.5) is 39.7 Å². The molecular formula is C6HF9N2O2S. The van der Waals surface area contributed by atoms with E-state index in [1.54, 1.807) is 0 Å². The van der Waals surface area contributed by atoms with E-state index in [1.807, 2.05) is 0 Å². The quantitative estimate of drug-likeness (QED) is 0.442. The Balaban J connectivity index is 3.36. The average Bonchev–Trinajstić information content (AvgIpc) is 2.32. The fraction of sp³-hybridized carbons (Fsp3) is 0.333. The van der Waals surface area contributed by atoms with Crippen molar-refractivity contribution in [2.75, 3.05) is 0 Å². The molecule has 0 radical (unpaired) electrons. The molecule has 14 heteroatoms. The number of rotatable bonds is 2. The molecule has 0 saturated heterocycles. The van der Waals surface area contributed by atoms with Gasteiger partial charge in [-0.15, -0.1) is 4.48 Å². The third kappa shape index (κ3) is 2.32. The summed E-state index contributed by atoms with van der Waals surface area (Å²) in [6.45, 7) is 0. The summed E-state index contributed by atoms with van der Waals surface area (Å²) < 4.78 is 131. The molecule has 0 amide bonds. The minimum Gasteiger partial charge on any atom is -0.204 e. The van der Waals surface area contributed by atoms with Gasteiger partial charge in [0.2, 0.25) is 12.0 Å². The molecule has 0 aromatic heterocycles. The van der Waals surface area contributed by atoms with Crippen LogP contribution < -0.4 is 0 Å². The van der Waals surface area contributed by atoms with Crippen LogP contribution >= 0.6 is 0 Å². The molecule has 1 aliphatic rings. The maximum Gasteiger partial charge on any atom is 0.514 e. The van der Waals surface area contributed by atoms with Gasteiger partial charge in [-0.05, 0) is 0 Å². The van der Waals surface area contributed by atoms with Gasteiger partial charge in [-0.1, -0.05) is 4.48 Å². The van der Waals surface area contributed by atoms with E-state index < -0.39 is 54.8 Å². The third-order valence-corrected chi connectivity index (χ3v) is 3.17. The zero-order valence-electron chi connectivity index (χ0n) is 8.60. The normalized spacial score (nSPS) is 22.1. The molecule has 1 unspecified atom stereocenters. The summed E-state index contributed by atoms with van der Waals surface area (Å²) in [5.41, 5.74) is -6.35. The van der Waals surface area contributed by atoms with E-state index in [1.165, 1.54) is 0 Å². The van der Waals surface area contributed by atoms with Crippen molar-refractivity contribution in [1.29, 1.82) is 0 Å². The Hall–Kier alpha value is -1.44. The van der Waals surface area contributed by atoms with Crippen LogP contribution in [0.3, 0.4) is 0 Å². The molecule has 1 heterocycles. The summed E-state index contributed by atoms with van der Waals surface area (Å²) in [5, 5.41) is -1.99. The van der Waals surface area contributed by atoms with Crippen molar-refractivity contribution >= 4 is 10.0 Å². The molecule has 0 aromatic rings. The minimum atomic E-state index is -6.97. The molecule has 0 aliphatic carbocycles. The number of alkyl halides is 3. The van der Waals surface area contributed by atoms with Gasteiger partial charge in [-0.25, -0.2) is 17.2 Å². The Morgan fingerprint density at radius 1 is 1.05 bits per heavy atom. The van der Waals surface area contributed by atoms with Gasteiger partial charge in [0.05, 0.1) is 0 Å². The van der Waals surface area contributed by atoms with Gasteiger partial charge in [-0.2, -0.15) is 27.1 Å². The fourth-order valence-electron chi connectivity index (χ4n) is 1.01. The third-order valence-electron chi connectivity index (χ3n) is 1.93. The van der Waals surface area contributed by atoms with Crippen LogP contribution in [-0.2, 0) is 10.0 Å². The summed E-state index contributed by atoms with van der Waals surface area (Å²) in [6.07, 6.45) is -3.96. The van der Waals surface area contributed by atoms with E-state index in [-0.39, 0.29) is 0 Å². The first-order valence-corrected chi connectivity index (χ1v) is 5.60. The van der Waals surface area contributed by atoms with Crippen molar-refractivity contribution in [1.82, 2.24) is 9.65 Å². The second-order valence-corrected chi connectivity index (χ2v) is 4.91. The van der Waals surface area contributed by atoms with E-state index in [2.05, 4.69) is 0 Å². The molecule has 0 fully saturated rings. The fourth-order valence-corrected chi connectivity index (χ4v) is 1.64. The molecular weight excluding hydrogens is 335 g/mol. The van der Waals surface area contributed by atoms with Crippen molar-refractivity contribution < 1.29 is 48.1 Å². The van der Waals surface area contributed by atoms with Gasteiger partial charge in [0.1, 0.15) is 0 Å². The van der Waals surface area contributed by atoms with Gasteiger partial charge < -0.3 is 0 Å². The van der Waals surface area contributed by atoms with E-state index in [0.717, 1.165) is 0 Å². The number of allylic oxidation sites excluding steroid dienone is 2. The largest absolute Gasteiger partial charge is 0.514 e. The maximum atomic E-state index is 13.0. The second-order valence-electron chi connectivity index (χ2n) is 3.14. The standard InChI is InChI=1S/C6HF9N2O2S/c7-1-2(8)4(10)16(14)5(3(1)9)17(15)20(18,19)6(11,12)13/h5H. The van der Waals surface area contributed by atoms with Crippen molar-refractivity contribution in [2.24, 2.45) is 0 Å². The van der Waals surface area contributed by atoms with Gasteiger partial charge in [-0.3, -0.25) is 0 Å². The predicted molar refractivity (Wildman–Crippen MR) is 43.1 cm³/mol. The molecule has 4 nitrogen and oxygen atoms in total. The summed E-state index contributed by atoms with van der Waals surface area (Å²) in [4.78, 5) is 0. The molecule has 1 rings (SSSR count). The lowest BCUT2D eigenvalue weighted by Crippen LogP contribution is -2.49. The number of hydrogen-bond donors (Lipinski definition) is 0. The summed E-state index contributed by atoms with van der Waals surface area (Å²) >= 11 is 0. The smallest absolute Gasteiger partial charge is 0.204 e. The molecule has 1 atom stereocenters. The van der Waals surface area contributed by atoms with Crippen LogP contribution in [0.15, 0.2) is 23.4 Å². The minimum absolute atomic E-state index is 1.99. The number of nitrogens with zero attached hydrogens (tertiary/aromatic N) is 2. The Kier molecular flexibility index (Phi) is 4.02. The molecule has 0 aromatic carbocycles.